The van der Waals surface area contributed by atoms with E-state index >= 15 is 0 Å². The first-order valence-electron chi connectivity index (χ1n) is 6.60. The number of aromatic amines is 1. The fourth-order valence-corrected chi connectivity index (χ4v) is 4.33. The van der Waals surface area contributed by atoms with E-state index in [1.807, 2.05) is 0 Å². The first-order valence-corrected chi connectivity index (χ1v) is 6.60. The minimum atomic E-state index is 0.410. The minimum absolute atomic E-state index is 0.410. The van der Waals surface area contributed by atoms with Crippen LogP contribution in [0.4, 0.5) is 0 Å². The third-order valence-corrected chi connectivity index (χ3v) is 5.21. The van der Waals surface area contributed by atoms with Gasteiger partial charge in [-0.25, -0.2) is 4.98 Å². The minimum Gasteiger partial charge on any atom is -0.306 e. The average Bonchev–Trinajstić information content (AvgIpc) is 2.90. The first kappa shape index (κ1) is 11.2. The van der Waals surface area contributed by atoms with Gasteiger partial charge < -0.3 is 5.32 Å². The zero-order chi connectivity index (χ0) is 12.1. The van der Waals surface area contributed by atoms with Crippen molar-refractivity contribution in [2.24, 2.45) is 16.7 Å². The van der Waals surface area contributed by atoms with Gasteiger partial charge in [0.25, 0.3) is 0 Å². The monoisotopic (exact) mass is 234 g/mol. The maximum Gasteiger partial charge on any atom is 0.138 e. The molecule has 2 fully saturated rings. The topological polar surface area (TPSA) is 53.6 Å². The Morgan fingerprint density at radius 3 is 2.88 bits per heavy atom. The van der Waals surface area contributed by atoms with Crippen LogP contribution in [-0.4, -0.2) is 21.2 Å². The summed E-state index contributed by atoms with van der Waals surface area (Å²) in [6.45, 7) is 8.08. The fourth-order valence-electron chi connectivity index (χ4n) is 4.33. The van der Waals surface area contributed by atoms with Crippen molar-refractivity contribution in [1.82, 2.24) is 20.5 Å². The van der Waals surface area contributed by atoms with Crippen LogP contribution in [0.5, 0.6) is 0 Å². The van der Waals surface area contributed by atoms with Gasteiger partial charge in [0, 0.05) is 6.04 Å². The lowest BCUT2D eigenvalue weighted by atomic mass is 9.68. The predicted octanol–water partition coefficient (Wildman–Crippen LogP) is 2.11. The summed E-state index contributed by atoms with van der Waals surface area (Å²) in [5.74, 6) is 1.83. The summed E-state index contributed by atoms with van der Waals surface area (Å²) >= 11 is 0. The van der Waals surface area contributed by atoms with Crippen LogP contribution < -0.4 is 5.32 Å². The van der Waals surface area contributed by atoms with E-state index in [2.05, 4.69) is 41.3 Å². The summed E-state index contributed by atoms with van der Waals surface area (Å²) in [5.41, 5.74) is 0.890. The Bertz CT molecular complexity index is 393. The van der Waals surface area contributed by atoms with Crippen molar-refractivity contribution in [2.45, 2.75) is 52.6 Å². The van der Waals surface area contributed by atoms with Gasteiger partial charge in [0.05, 0.1) is 6.54 Å². The van der Waals surface area contributed by atoms with Gasteiger partial charge in [-0.1, -0.05) is 20.8 Å². The van der Waals surface area contributed by atoms with Crippen LogP contribution in [-0.2, 0) is 6.54 Å². The molecule has 1 aromatic rings. The van der Waals surface area contributed by atoms with Crippen LogP contribution in [0.3, 0.4) is 0 Å². The second-order valence-electron chi connectivity index (χ2n) is 6.66. The van der Waals surface area contributed by atoms with Gasteiger partial charge in [0.2, 0.25) is 0 Å². The molecule has 0 spiro atoms. The smallest absolute Gasteiger partial charge is 0.138 e. The molecule has 1 heterocycles. The van der Waals surface area contributed by atoms with Gasteiger partial charge in [-0.2, -0.15) is 5.10 Å². The second kappa shape index (κ2) is 3.55. The van der Waals surface area contributed by atoms with E-state index in [1.54, 1.807) is 6.33 Å². The highest BCUT2D eigenvalue weighted by atomic mass is 15.2. The van der Waals surface area contributed by atoms with E-state index in [4.69, 9.17) is 0 Å². The zero-order valence-electron chi connectivity index (χ0n) is 11.0. The van der Waals surface area contributed by atoms with Crippen LogP contribution in [0.1, 0.15) is 45.9 Å². The quantitative estimate of drug-likeness (QED) is 0.842. The molecule has 94 valence electrons. The molecule has 2 bridgehead atoms. The molecule has 0 amide bonds. The van der Waals surface area contributed by atoms with Gasteiger partial charge in [0.15, 0.2) is 0 Å². The molecule has 0 aromatic carbocycles. The number of rotatable bonds is 3. The standard InChI is InChI=1S/C13H22N4/c1-12(2)9-4-5-13(3,6-9)11(12)14-7-10-15-8-16-17-10/h8-9,11,14H,4-7H2,1-3H3,(H,15,16,17)/t9-,11?,13+/m0/s1. The normalized spacial score (nSPS) is 38.8. The number of nitrogens with one attached hydrogen (secondary N) is 2. The highest BCUT2D eigenvalue weighted by Gasteiger charge is 2.58. The number of H-pyrrole nitrogens is 1. The molecule has 1 unspecified atom stereocenters. The molecule has 4 heteroatoms. The lowest BCUT2D eigenvalue weighted by Crippen LogP contribution is -2.50. The van der Waals surface area contributed by atoms with E-state index in [1.165, 1.54) is 19.3 Å². The number of hydrogen-bond donors (Lipinski definition) is 2. The van der Waals surface area contributed by atoms with Gasteiger partial charge in [-0.05, 0) is 36.0 Å². The SMILES string of the molecule is CC1(C)C(NCc2ncn[nH]2)[C@]2(C)CC[C@H]1C2. The van der Waals surface area contributed by atoms with E-state index < -0.39 is 0 Å². The van der Waals surface area contributed by atoms with E-state index in [-0.39, 0.29) is 0 Å². The number of hydrogen-bond acceptors (Lipinski definition) is 3. The lowest BCUT2D eigenvalue weighted by molar-refractivity contribution is 0.107. The van der Waals surface area contributed by atoms with E-state index in [0.717, 1.165) is 18.3 Å². The Morgan fingerprint density at radius 1 is 1.47 bits per heavy atom. The fraction of sp³-hybridized carbons (Fsp3) is 0.846. The Hall–Kier alpha value is -0.900. The summed E-state index contributed by atoms with van der Waals surface area (Å²) in [5, 5.41) is 10.5. The largest absolute Gasteiger partial charge is 0.306 e. The molecular weight excluding hydrogens is 212 g/mol. The summed E-state index contributed by atoms with van der Waals surface area (Å²) in [6.07, 6.45) is 5.73. The molecule has 0 saturated heterocycles. The molecule has 0 radical (unpaired) electrons. The molecule has 2 saturated carbocycles. The van der Waals surface area contributed by atoms with Gasteiger partial charge in [0.1, 0.15) is 12.2 Å². The van der Waals surface area contributed by atoms with Crippen LogP contribution in [0.2, 0.25) is 0 Å². The van der Waals surface area contributed by atoms with Crippen molar-refractivity contribution < 1.29 is 0 Å². The maximum atomic E-state index is 4.18. The van der Waals surface area contributed by atoms with Gasteiger partial charge in [-0.15, -0.1) is 0 Å². The van der Waals surface area contributed by atoms with Gasteiger partial charge in [-0.3, -0.25) is 5.10 Å². The van der Waals surface area contributed by atoms with Crippen LogP contribution in [0.25, 0.3) is 0 Å². The summed E-state index contributed by atoms with van der Waals surface area (Å²) in [7, 11) is 0. The third kappa shape index (κ3) is 1.61. The Balaban J connectivity index is 1.74. The Morgan fingerprint density at radius 2 is 2.29 bits per heavy atom. The molecule has 17 heavy (non-hydrogen) atoms. The van der Waals surface area contributed by atoms with E-state index in [0.29, 0.717) is 16.9 Å². The molecule has 3 rings (SSSR count). The molecule has 3 atom stereocenters. The second-order valence-corrected chi connectivity index (χ2v) is 6.66. The number of aromatic nitrogens is 3. The summed E-state index contributed by atoms with van der Waals surface area (Å²) < 4.78 is 0. The predicted molar refractivity (Wildman–Crippen MR) is 66.2 cm³/mol. The highest BCUT2D eigenvalue weighted by molar-refractivity contribution is 5.12. The Kier molecular flexibility index (Phi) is 2.34. The average molecular weight is 234 g/mol. The molecule has 2 aliphatic rings. The van der Waals surface area contributed by atoms with Crippen molar-refractivity contribution in [1.29, 1.82) is 0 Å². The van der Waals surface area contributed by atoms with Crippen molar-refractivity contribution in [3.8, 4) is 0 Å². The van der Waals surface area contributed by atoms with E-state index in [9.17, 15) is 0 Å². The highest BCUT2D eigenvalue weighted by Crippen LogP contribution is 2.62. The first-order chi connectivity index (χ1) is 8.02. The Labute approximate surface area is 103 Å². The molecule has 2 aliphatic carbocycles. The molecular formula is C13H22N4. The lowest BCUT2D eigenvalue weighted by Gasteiger charge is -2.43. The summed E-state index contributed by atoms with van der Waals surface area (Å²) in [6, 6.07) is 0.596. The number of fused-ring (bicyclic) bond motifs is 2. The maximum absolute atomic E-state index is 4.18. The third-order valence-electron chi connectivity index (χ3n) is 5.21. The van der Waals surface area contributed by atoms with Crippen molar-refractivity contribution in [3.05, 3.63) is 12.2 Å². The van der Waals surface area contributed by atoms with Crippen molar-refractivity contribution >= 4 is 0 Å². The van der Waals surface area contributed by atoms with Crippen LogP contribution in [0, 0.1) is 16.7 Å². The zero-order valence-corrected chi connectivity index (χ0v) is 11.0. The van der Waals surface area contributed by atoms with Crippen LogP contribution in [0.15, 0.2) is 6.33 Å². The summed E-state index contributed by atoms with van der Waals surface area (Å²) in [4.78, 5) is 4.18. The molecule has 2 N–H and O–H groups in total. The number of nitrogens with zero attached hydrogens (tertiary/aromatic N) is 2. The van der Waals surface area contributed by atoms with Gasteiger partial charge >= 0.3 is 0 Å². The molecule has 1 aromatic heterocycles. The van der Waals surface area contributed by atoms with Crippen LogP contribution >= 0.6 is 0 Å². The van der Waals surface area contributed by atoms with Crippen molar-refractivity contribution in [3.63, 3.8) is 0 Å². The molecule has 4 nitrogen and oxygen atoms in total. The van der Waals surface area contributed by atoms with Crippen molar-refractivity contribution in [2.75, 3.05) is 0 Å². The molecule has 0 aliphatic heterocycles.